The topological polar surface area (TPSA) is 24.4 Å². The minimum absolute atomic E-state index is 0.0503. The van der Waals surface area contributed by atoms with E-state index >= 15 is 0 Å². The summed E-state index contributed by atoms with van der Waals surface area (Å²) in [4.78, 5) is 4.67. The van der Waals surface area contributed by atoms with Crippen molar-refractivity contribution < 1.29 is 0 Å². The molecule has 98 valence electrons. The standard InChI is InChI=1S/C15H15BrN2S/c1-15(2)9-19-14(18-15)17-13-6-4-10-7-12(16)5-3-11(10)8-13/h3-8H,9H2,1-2H3,(H,17,18). The number of halogens is 1. The summed E-state index contributed by atoms with van der Waals surface area (Å²) in [7, 11) is 0. The average Bonchev–Trinajstić information content (AvgIpc) is 2.69. The highest BCUT2D eigenvalue weighted by Crippen LogP contribution is 2.29. The lowest BCUT2D eigenvalue weighted by Gasteiger charge is -2.09. The van der Waals surface area contributed by atoms with Gasteiger partial charge in [0.2, 0.25) is 0 Å². The molecule has 0 fully saturated rings. The first kappa shape index (κ1) is 13.0. The fourth-order valence-electron chi connectivity index (χ4n) is 2.07. The number of benzene rings is 2. The highest BCUT2D eigenvalue weighted by Gasteiger charge is 2.25. The van der Waals surface area contributed by atoms with Crippen LogP contribution >= 0.6 is 27.7 Å². The summed E-state index contributed by atoms with van der Waals surface area (Å²) in [6.45, 7) is 4.32. The number of aliphatic imine (C=N–C) groups is 1. The molecule has 0 bridgehead atoms. The van der Waals surface area contributed by atoms with Gasteiger partial charge in [-0.2, -0.15) is 0 Å². The van der Waals surface area contributed by atoms with Gasteiger partial charge in [-0.05, 0) is 48.9 Å². The van der Waals surface area contributed by atoms with E-state index in [9.17, 15) is 0 Å². The zero-order valence-electron chi connectivity index (χ0n) is 10.9. The van der Waals surface area contributed by atoms with Crippen LogP contribution in [0.1, 0.15) is 13.8 Å². The zero-order valence-corrected chi connectivity index (χ0v) is 13.3. The van der Waals surface area contributed by atoms with Gasteiger partial charge in [-0.15, -0.1) is 0 Å². The van der Waals surface area contributed by atoms with Gasteiger partial charge in [-0.3, -0.25) is 4.99 Å². The molecule has 0 spiro atoms. The Kier molecular flexibility index (Phi) is 3.31. The van der Waals surface area contributed by atoms with Crippen molar-refractivity contribution in [3.8, 4) is 0 Å². The van der Waals surface area contributed by atoms with Gasteiger partial charge in [0.1, 0.15) is 0 Å². The Morgan fingerprint density at radius 2 is 1.89 bits per heavy atom. The van der Waals surface area contributed by atoms with Crippen molar-refractivity contribution in [3.05, 3.63) is 40.9 Å². The van der Waals surface area contributed by atoms with E-state index in [-0.39, 0.29) is 5.54 Å². The second-order valence-electron chi connectivity index (χ2n) is 5.35. The van der Waals surface area contributed by atoms with E-state index in [0.717, 1.165) is 21.1 Å². The van der Waals surface area contributed by atoms with E-state index in [4.69, 9.17) is 0 Å². The molecule has 1 aliphatic rings. The van der Waals surface area contributed by atoms with Gasteiger partial charge in [-0.1, -0.05) is 39.8 Å². The fourth-order valence-corrected chi connectivity index (χ4v) is 3.50. The molecular weight excluding hydrogens is 320 g/mol. The van der Waals surface area contributed by atoms with Gasteiger partial charge >= 0.3 is 0 Å². The van der Waals surface area contributed by atoms with Crippen LogP contribution in [0.5, 0.6) is 0 Å². The van der Waals surface area contributed by atoms with E-state index in [1.165, 1.54) is 10.8 Å². The Bertz CT molecular complexity index is 664. The number of fused-ring (bicyclic) bond motifs is 1. The number of thioether (sulfide) groups is 1. The van der Waals surface area contributed by atoms with E-state index in [1.807, 2.05) is 0 Å². The molecular formula is C15H15BrN2S. The molecule has 1 heterocycles. The number of hydrogen-bond donors (Lipinski definition) is 1. The maximum atomic E-state index is 4.67. The molecule has 0 atom stereocenters. The molecule has 2 aromatic carbocycles. The number of nitrogens with zero attached hydrogens (tertiary/aromatic N) is 1. The number of amidine groups is 1. The molecule has 1 N–H and O–H groups in total. The highest BCUT2D eigenvalue weighted by molar-refractivity contribution is 9.10. The number of rotatable bonds is 1. The Morgan fingerprint density at radius 1 is 1.16 bits per heavy atom. The smallest absolute Gasteiger partial charge is 0.161 e. The molecule has 0 radical (unpaired) electrons. The second kappa shape index (κ2) is 4.84. The minimum Gasteiger partial charge on any atom is -0.335 e. The predicted molar refractivity (Wildman–Crippen MR) is 89.2 cm³/mol. The van der Waals surface area contributed by atoms with Crippen LogP contribution in [0, 0.1) is 0 Å². The van der Waals surface area contributed by atoms with Crippen LogP contribution in [0.3, 0.4) is 0 Å². The van der Waals surface area contributed by atoms with Crippen LogP contribution in [0.2, 0.25) is 0 Å². The third kappa shape index (κ3) is 2.95. The van der Waals surface area contributed by atoms with Gasteiger partial charge in [-0.25, -0.2) is 0 Å². The second-order valence-corrected chi connectivity index (χ2v) is 7.23. The number of nitrogens with one attached hydrogen (secondary N) is 1. The third-order valence-corrected chi connectivity index (χ3v) is 4.83. The molecule has 0 saturated carbocycles. The SMILES string of the molecule is CC1(C)CSC(Nc2ccc3cc(Br)ccc3c2)=N1. The van der Waals surface area contributed by atoms with E-state index in [0.29, 0.717) is 0 Å². The minimum atomic E-state index is 0.0503. The Balaban J connectivity index is 1.88. The van der Waals surface area contributed by atoms with Gasteiger partial charge < -0.3 is 5.32 Å². The molecule has 0 amide bonds. The summed E-state index contributed by atoms with van der Waals surface area (Å²) in [6, 6.07) is 12.7. The molecule has 19 heavy (non-hydrogen) atoms. The first-order valence-corrected chi connectivity index (χ1v) is 7.99. The van der Waals surface area contributed by atoms with Gasteiger partial charge in [0, 0.05) is 15.9 Å². The van der Waals surface area contributed by atoms with Crippen LogP contribution < -0.4 is 5.32 Å². The summed E-state index contributed by atoms with van der Waals surface area (Å²) >= 11 is 5.28. The fraction of sp³-hybridized carbons (Fsp3) is 0.267. The normalized spacial score (nSPS) is 17.5. The largest absolute Gasteiger partial charge is 0.335 e. The lowest BCUT2D eigenvalue weighted by molar-refractivity contribution is 0.605. The first-order chi connectivity index (χ1) is 9.02. The number of hydrogen-bond acceptors (Lipinski definition) is 3. The number of anilines is 1. The molecule has 0 saturated heterocycles. The summed E-state index contributed by atoms with van der Waals surface area (Å²) in [6.07, 6.45) is 0. The molecule has 3 rings (SSSR count). The van der Waals surface area contributed by atoms with E-state index < -0.39 is 0 Å². The summed E-state index contributed by atoms with van der Waals surface area (Å²) < 4.78 is 1.11. The lowest BCUT2D eigenvalue weighted by Crippen LogP contribution is -2.15. The van der Waals surface area contributed by atoms with Crippen molar-refractivity contribution in [3.63, 3.8) is 0 Å². The monoisotopic (exact) mass is 334 g/mol. The molecule has 2 nitrogen and oxygen atoms in total. The zero-order chi connectivity index (χ0) is 13.5. The van der Waals surface area contributed by atoms with Crippen molar-refractivity contribution in [1.82, 2.24) is 0 Å². The Labute approximate surface area is 125 Å². The molecule has 4 heteroatoms. The van der Waals surface area contributed by atoms with Crippen LogP contribution in [0.4, 0.5) is 5.69 Å². The Hall–Kier alpha value is -1.00. The molecule has 0 unspecified atom stereocenters. The van der Waals surface area contributed by atoms with Crippen LogP contribution in [-0.4, -0.2) is 16.5 Å². The third-order valence-electron chi connectivity index (χ3n) is 3.02. The van der Waals surface area contributed by atoms with Crippen molar-refractivity contribution in [2.24, 2.45) is 4.99 Å². The molecule has 2 aromatic rings. The maximum Gasteiger partial charge on any atom is 0.161 e. The molecule has 1 aliphatic heterocycles. The van der Waals surface area contributed by atoms with Crippen molar-refractivity contribution in [2.45, 2.75) is 19.4 Å². The van der Waals surface area contributed by atoms with Crippen LogP contribution in [0.15, 0.2) is 45.9 Å². The first-order valence-electron chi connectivity index (χ1n) is 6.21. The Morgan fingerprint density at radius 3 is 2.63 bits per heavy atom. The summed E-state index contributed by atoms with van der Waals surface area (Å²) in [5, 5.41) is 6.89. The van der Waals surface area contributed by atoms with E-state index in [1.54, 1.807) is 11.8 Å². The van der Waals surface area contributed by atoms with Gasteiger partial charge in [0.25, 0.3) is 0 Å². The van der Waals surface area contributed by atoms with Crippen molar-refractivity contribution in [1.29, 1.82) is 0 Å². The van der Waals surface area contributed by atoms with Crippen LogP contribution in [0.25, 0.3) is 10.8 Å². The van der Waals surface area contributed by atoms with Crippen molar-refractivity contribution >= 4 is 49.3 Å². The highest BCUT2D eigenvalue weighted by atomic mass is 79.9. The summed E-state index contributed by atoms with van der Waals surface area (Å²) in [5.74, 6) is 1.04. The predicted octanol–water partition coefficient (Wildman–Crippen LogP) is 4.90. The quantitative estimate of drug-likeness (QED) is 0.802. The van der Waals surface area contributed by atoms with Crippen molar-refractivity contribution in [2.75, 3.05) is 11.1 Å². The average molecular weight is 335 g/mol. The van der Waals surface area contributed by atoms with Gasteiger partial charge in [0.05, 0.1) is 5.54 Å². The maximum absolute atomic E-state index is 4.67. The lowest BCUT2D eigenvalue weighted by atomic mass is 10.1. The molecule has 0 aliphatic carbocycles. The summed E-state index contributed by atoms with van der Waals surface area (Å²) in [5.41, 5.74) is 1.15. The van der Waals surface area contributed by atoms with Crippen LogP contribution in [-0.2, 0) is 0 Å². The molecule has 0 aromatic heterocycles. The van der Waals surface area contributed by atoms with E-state index in [2.05, 4.69) is 76.5 Å². The van der Waals surface area contributed by atoms with Gasteiger partial charge in [0.15, 0.2) is 5.17 Å².